The monoisotopic (exact) mass is 488 g/mol. The molecule has 0 aromatic carbocycles. The average Bonchev–Trinajstić information content (AvgIpc) is 3.31. The Labute approximate surface area is 192 Å². The third-order valence-corrected chi connectivity index (χ3v) is 6.86. The molecule has 0 unspecified atom stereocenters. The van der Waals surface area contributed by atoms with Crippen molar-refractivity contribution in [3.05, 3.63) is 16.0 Å². The van der Waals surface area contributed by atoms with Crippen molar-refractivity contribution in [1.82, 2.24) is 10.2 Å². The van der Waals surface area contributed by atoms with Crippen LogP contribution in [-0.2, 0) is 19.0 Å². The minimum Gasteiger partial charge on any atom is -0.462 e. The summed E-state index contributed by atoms with van der Waals surface area (Å²) in [6.45, 7) is 6.52. The lowest BCUT2D eigenvalue weighted by Crippen LogP contribution is -2.16. The number of hydrogen-bond acceptors (Lipinski definition) is 12. The third-order valence-electron chi connectivity index (χ3n) is 3.66. The van der Waals surface area contributed by atoms with Crippen LogP contribution in [0.25, 0.3) is 0 Å². The Morgan fingerprint density at radius 1 is 1.06 bits per heavy atom. The number of nitrogens with zero attached hydrogens (tertiary/aromatic N) is 2. The number of hydrogen-bond donors (Lipinski definition) is 2. The summed E-state index contributed by atoms with van der Waals surface area (Å²) in [5.74, 6) is -1.45. The molecule has 2 rings (SSSR count). The lowest BCUT2D eigenvalue weighted by Gasteiger charge is -2.06. The molecule has 170 valence electrons. The quantitative estimate of drug-likeness (QED) is 0.261. The van der Waals surface area contributed by atoms with E-state index in [0.717, 1.165) is 11.3 Å². The highest BCUT2D eigenvalue weighted by molar-refractivity contribution is 8.01. The van der Waals surface area contributed by atoms with E-state index in [4.69, 9.17) is 14.2 Å². The topological polar surface area (TPSA) is 129 Å². The molecule has 0 aliphatic heterocycles. The van der Waals surface area contributed by atoms with Gasteiger partial charge in [0.05, 0.1) is 31.1 Å². The van der Waals surface area contributed by atoms with Gasteiger partial charge < -0.3 is 24.8 Å². The van der Waals surface area contributed by atoms with E-state index in [-0.39, 0.29) is 40.3 Å². The first-order chi connectivity index (χ1) is 14.9. The van der Waals surface area contributed by atoms with Crippen molar-refractivity contribution < 1.29 is 28.6 Å². The summed E-state index contributed by atoms with van der Waals surface area (Å²) >= 11 is 3.53. The van der Waals surface area contributed by atoms with E-state index in [1.165, 1.54) is 23.1 Å². The number of carbonyl (C=O) groups is 3. The molecule has 2 aromatic rings. The molecule has 0 saturated heterocycles. The van der Waals surface area contributed by atoms with Gasteiger partial charge in [-0.3, -0.25) is 4.79 Å². The maximum absolute atomic E-state index is 12.5. The highest BCUT2D eigenvalue weighted by Gasteiger charge is 2.27. The molecule has 0 aliphatic carbocycles. The molecule has 0 aliphatic rings. The first-order valence-electron chi connectivity index (χ1n) is 9.37. The van der Waals surface area contributed by atoms with Crippen LogP contribution in [0, 0.1) is 6.92 Å². The van der Waals surface area contributed by atoms with Gasteiger partial charge in [-0.15, -0.1) is 21.5 Å². The Bertz CT molecular complexity index is 914. The molecule has 2 N–H and O–H groups in total. The number of thioether (sulfide) groups is 1. The van der Waals surface area contributed by atoms with Gasteiger partial charge in [0.1, 0.15) is 9.88 Å². The maximum Gasteiger partial charge on any atom is 0.348 e. The normalized spacial score (nSPS) is 10.6. The molecular formula is C18H24N4O6S3. The Morgan fingerprint density at radius 3 is 2.45 bits per heavy atom. The van der Waals surface area contributed by atoms with Crippen molar-refractivity contribution >= 4 is 62.4 Å². The zero-order valence-electron chi connectivity index (χ0n) is 17.6. The van der Waals surface area contributed by atoms with Crippen molar-refractivity contribution in [2.45, 2.75) is 25.1 Å². The van der Waals surface area contributed by atoms with Crippen LogP contribution in [0.5, 0.6) is 0 Å². The second kappa shape index (κ2) is 12.6. The summed E-state index contributed by atoms with van der Waals surface area (Å²) in [5, 5.41) is 14.7. The van der Waals surface area contributed by atoms with Gasteiger partial charge in [0.15, 0.2) is 4.34 Å². The molecule has 2 heterocycles. The van der Waals surface area contributed by atoms with E-state index in [1.807, 2.05) is 0 Å². The fourth-order valence-electron chi connectivity index (χ4n) is 2.33. The lowest BCUT2D eigenvalue weighted by atomic mass is 10.1. The number of methoxy groups -OCH3 is 1. The predicted molar refractivity (Wildman–Crippen MR) is 121 cm³/mol. The molecule has 31 heavy (non-hydrogen) atoms. The van der Waals surface area contributed by atoms with Crippen LogP contribution in [0.1, 0.15) is 39.4 Å². The minimum absolute atomic E-state index is 0.0562. The van der Waals surface area contributed by atoms with Crippen molar-refractivity contribution in [1.29, 1.82) is 0 Å². The molecule has 0 bridgehead atoms. The van der Waals surface area contributed by atoms with Crippen LogP contribution < -0.4 is 10.6 Å². The number of carbonyl (C=O) groups excluding carboxylic acids is 3. The summed E-state index contributed by atoms with van der Waals surface area (Å²) in [6, 6.07) is 0. The standard InChI is InChI=1S/C18H24N4O6S3/c1-5-27-15(24)12-10(3)13(16(25)28-6-2)30-14(12)20-11(23)9-29-18-22-21-17(31-18)19-7-8-26-4/h5-9H2,1-4H3,(H,19,21)(H,20,23). The third kappa shape index (κ3) is 7.16. The summed E-state index contributed by atoms with van der Waals surface area (Å²) in [6.07, 6.45) is 0. The first-order valence-corrected chi connectivity index (χ1v) is 12.0. The second-order valence-corrected chi connectivity index (χ2v) is 9.05. The van der Waals surface area contributed by atoms with Crippen LogP contribution >= 0.6 is 34.4 Å². The van der Waals surface area contributed by atoms with Crippen molar-refractivity contribution in [3.63, 3.8) is 0 Å². The van der Waals surface area contributed by atoms with E-state index < -0.39 is 11.9 Å². The Balaban J connectivity index is 2.06. The Hall–Kier alpha value is -2.22. The zero-order chi connectivity index (χ0) is 22.8. The number of esters is 2. The van der Waals surface area contributed by atoms with Gasteiger partial charge in [-0.25, -0.2) is 9.59 Å². The van der Waals surface area contributed by atoms with E-state index >= 15 is 0 Å². The van der Waals surface area contributed by atoms with Crippen molar-refractivity contribution in [2.75, 3.05) is 49.9 Å². The molecule has 0 saturated carbocycles. The number of amides is 1. The van der Waals surface area contributed by atoms with Gasteiger partial charge in [0.2, 0.25) is 11.0 Å². The highest BCUT2D eigenvalue weighted by Crippen LogP contribution is 2.35. The molecule has 13 heteroatoms. The Morgan fingerprint density at radius 2 is 1.77 bits per heavy atom. The van der Waals surface area contributed by atoms with Crippen LogP contribution in [-0.4, -0.2) is 67.3 Å². The van der Waals surface area contributed by atoms with Crippen LogP contribution in [0.3, 0.4) is 0 Å². The summed E-state index contributed by atoms with van der Waals surface area (Å²) in [4.78, 5) is 37.3. The van der Waals surface area contributed by atoms with Gasteiger partial charge in [0, 0.05) is 13.7 Å². The average molecular weight is 489 g/mol. The number of nitrogens with one attached hydrogen (secondary N) is 2. The first kappa shape index (κ1) is 25.0. The largest absolute Gasteiger partial charge is 0.462 e. The van der Waals surface area contributed by atoms with Gasteiger partial charge in [0.25, 0.3) is 0 Å². The number of aromatic nitrogens is 2. The molecule has 2 aromatic heterocycles. The SMILES string of the molecule is CCOC(=O)c1sc(NC(=O)CSc2nnc(NCCOC)s2)c(C(=O)OCC)c1C. The van der Waals surface area contributed by atoms with Crippen molar-refractivity contribution in [2.24, 2.45) is 0 Å². The number of rotatable bonds is 12. The van der Waals surface area contributed by atoms with E-state index in [2.05, 4.69) is 20.8 Å². The van der Waals surface area contributed by atoms with E-state index in [0.29, 0.717) is 28.2 Å². The van der Waals surface area contributed by atoms with Crippen molar-refractivity contribution in [3.8, 4) is 0 Å². The van der Waals surface area contributed by atoms with Crippen LogP contribution in [0.15, 0.2) is 4.34 Å². The maximum atomic E-state index is 12.5. The highest BCUT2D eigenvalue weighted by atomic mass is 32.2. The van der Waals surface area contributed by atoms with Crippen LogP contribution in [0.2, 0.25) is 0 Å². The molecule has 10 nitrogen and oxygen atoms in total. The van der Waals surface area contributed by atoms with Gasteiger partial charge >= 0.3 is 11.9 Å². The molecular weight excluding hydrogens is 464 g/mol. The van der Waals surface area contributed by atoms with Gasteiger partial charge in [-0.1, -0.05) is 23.1 Å². The number of ether oxygens (including phenoxy) is 3. The minimum atomic E-state index is -0.606. The summed E-state index contributed by atoms with van der Waals surface area (Å²) in [7, 11) is 1.61. The lowest BCUT2D eigenvalue weighted by molar-refractivity contribution is -0.113. The molecule has 0 radical (unpaired) electrons. The van der Waals surface area contributed by atoms with Gasteiger partial charge in [-0.2, -0.15) is 0 Å². The fourth-order valence-corrected chi connectivity index (χ4v) is 5.01. The van der Waals surface area contributed by atoms with Crippen LogP contribution in [0.4, 0.5) is 10.1 Å². The summed E-state index contributed by atoms with van der Waals surface area (Å²) < 4.78 is 15.7. The predicted octanol–water partition coefficient (Wildman–Crippen LogP) is 3.05. The number of thiophene rings is 1. The molecule has 0 atom stereocenters. The number of anilines is 2. The smallest absolute Gasteiger partial charge is 0.348 e. The second-order valence-electron chi connectivity index (χ2n) is 5.83. The fraction of sp³-hybridized carbons (Fsp3) is 0.500. The Kier molecular flexibility index (Phi) is 10.2. The molecule has 1 amide bonds. The summed E-state index contributed by atoms with van der Waals surface area (Å²) in [5.41, 5.74) is 0.578. The zero-order valence-corrected chi connectivity index (χ0v) is 20.1. The van der Waals surface area contributed by atoms with E-state index in [9.17, 15) is 14.4 Å². The molecule has 0 fully saturated rings. The van der Waals surface area contributed by atoms with E-state index in [1.54, 1.807) is 27.9 Å². The van der Waals surface area contributed by atoms with Gasteiger partial charge in [-0.05, 0) is 26.3 Å². The molecule has 0 spiro atoms.